The van der Waals surface area contributed by atoms with Crippen molar-refractivity contribution in [3.8, 4) is 0 Å². The summed E-state index contributed by atoms with van der Waals surface area (Å²) in [5, 5.41) is 0. The molecule has 2 saturated carbocycles. The third-order valence-electron chi connectivity index (χ3n) is 3.90. The lowest BCUT2D eigenvalue weighted by Crippen LogP contribution is -2.30. The number of carbonyl (C=O) groups is 1. The summed E-state index contributed by atoms with van der Waals surface area (Å²) in [7, 11) is 1.41. The van der Waals surface area contributed by atoms with Gasteiger partial charge in [0.05, 0.1) is 24.0 Å². The van der Waals surface area contributed by atoms with E-state index in [9.17, 15) is 4.79 Å². The molecule has 0 aliphatic heterocycles. The van der Waals surface area contributed by atoms with Gasteiger partial charge < -0.3 is 15.4 Å². The molecule has 0 aromatic heterocycles. The molecule has 1 aromatic carbocycles. The van der Waals surface area contributed by atoms with Crippen molar-refractivity contribution >= 4 is 17.3 Å². The van der Waals surface area contributed by atoms with Crippen molar-refractivity contribution in [2.75, 3.05) is 24.3 Å². The maximum atomic E-state index is 11.9. The van der Waals surface area contributed by atoms with Crippen LogP contribution >= 0.6 is 0 Å². The molecule has 2 aliphatic rings. The summed E-state index contributed by atoms with van der Waals surface area (Å²) in [6.45, 7) is 1.02. The van der Waals surface area contributed by atoms with Crippen molar-refractivity contribution in [1.82, 2.24) is 0 Å². The van der Waals surface area contributed by atoms with Crippen LogP contribution in [-0.2, 0) is 4.74 Å². The van der Waals surface area contributed by atoms with Crippen molar-refractivity contribution < 1.29 is 9.53 Å². The molecule has 2 aliphatic carbocycles. The predicted molar refractivity (Wildman–Crippen MR) is 75.3 cm³/mol. The highest BCUT2D eigenvalue weighted by Gasteiger charge is 2.36. The summed E-state index contributed by atoms with van der Waals surface area (Å²) < 4.78 is 4.88. The second kappa shape index (κ2) is 4.76. The van der Waals surface area contributed by atoms with E-state index in [4.69, 9.17) is 10.5 Å². The fraction of sp³-hybridized carbons (Fsp3) is 0.533. The number of ether oxygens (including phenoxy) is 1. The van der Waals surface area contributed by atoms with E-state index in [2.05, 4.69) is 4.90 Å². The van der Waals surface area contributed by atoms with Crippen LogP contribution in [0.1, 0.15) is 36.0 Å². The third-order valence-corrected chi connectivity index (χ3v) is 3.90. The van der Waals surface area contributed by atoms with Gasteiger partial charge in [-0.05, 0) is 43.7 Å². The first-order valence-electron chi connectivity index (χ1n) is 6.94. The Hall–Kier alpha value is -1.71. The maximum absolute atomic E-state index is 11.9. The number of nitrogen functional groups attached to an aromatic ring is 1. The zero-order chi connectivity index (χ0) is 13.4. The van der Waals surface area contributed by atoms with Gasteiger partial charge in [0.1, 0.15) is 0 Å². The molecule has 0 heterocycles. The van der Waals surface area contributed by atoms with E-state index < -0.39 is 0 Å². The van der Waals surface area contributed by atoms with Crippen LogP contribution < -0.4 is 10.6 Å². The molecule has 0 unspecified atom stereocenters. The Kier molecular flexibility index (Phi) is 3.09. The highest BCUT2D eigenvalue weighted by Crippen LogP contribution is 2.41. The van der Waals surface area contributed by atoms with E-state index >= 15 is 0 Å². The van der Waals surface area contributed by atoms with Gasteiger partial charge in [-0.3, -0.25) is 0 Å². The average Bonchev–Trinajstić information content (AvgIpc) is 3.27. The summed E-state index contributed by atoms with van der Waals surface area (Å²) in [5.41, 5.74) is 8.27. The van der Waals surface area contributed by atoms with Crippen LogP contribution in [0.4, 0.5) is 11.4 Å². The highest BCUT2D eigenvalue weighted by molar-refractivity contribution is 5.99. The topological polar surface area (TPSA) is 55.6 Å². The lowest BCUT2D eigenvalue weighted by Gasteiger charge is -2.28. The van der Waals surface area contributed by atoms with Gasteiger partial charge in [0.25, 0.3) is 0 Å². The highest BCUT2D eigenvalue weighted by atomic mass is 16.5. The lowest BCUT2D eigenvalue weighted by molar-refractivity contribution is 0.0601. The van der Waals surface area contributed by atoms with Gasteiger partial charge in [0.2, 0.25) is 0 Å². The van der Waals surface area contributed by atoms with E-state index in [0.29, 0.717) is 17.3 Å². The molecule has 0 saturated heterocycles. The quantitative estimate of drug-likeness (QED) is 0.652. The Labute approximate surface area is 113 Å². The van der Waals surface area contributed by atoms with Crippen LogP contribution in [0.5, 0.6) is 0 Å². The molecule has 102 valence electrons. The van der Waals surface area contributed by atoms with Gasteiger partial charge in [-0.1, -0.05) is 6.07 Å². The van der Waals surface area contributed by atoms with E-state index in [1.807, 2.05) is 12.1 Å². The van der Waals surface area contributed by atoms with Gasteiger partial charge in [0, 0.05) is 12.6 Å². The molecule has 0 radical (unpaired) electrons. The number of benzene rings is 1. The molecular formula is C15H20N2O2. The van der Waals surface area contributed by atoms with Crippen molar-refractivity contribution in [3.63, 3.8) is 0 Å². The Bertz CT molecular complexity index is 493. The number of hydrogen-bond donors (Lipinski definition) is 1. The van der Waals surface area contributed by atoms with Crippen LogP contribution in [0, 0.1) is 5.92 Å². The first-order valence-corrected chi connectivity index (χ1v) is 6.94. The first-order chi connectivity index (χ1) is 9.20. The summed E-state index contributed by atoms with van der Waals surface area (Å²) in [6, 6.07) is 6.03. The molecular weight excluding hydrogens is 240 g/mol. The molecule has 0 bridgehead atoms. The summed E-state index contributed by atoms with van der Waals surface area (Å²) in [5.74, 6) is 0.467. The number of anilines is 2. The van der Waals surface area contributed by atoms with Crippen molar-refractivity contribution in [1.29, 1.82) is 0 Å². The summed E-state index contributed by atoms with van der Waals surface area (Å²) in [6.07, 6.45) is 4.98. The van der Waals surface area contributed by atoms with E-state index in [1.54, 1.807) is 6.07 Å². The van der Waals surface area contributed by atoms with E-state index in [1.165, 1.54) is 32.8 Å². The Morgan fingerprint density at radius 1 is 1.37 bits per heavy atom. The van der Waals surface area contributed by atoms with Gasteiger partial charge in [-0.2, -0.15) is 0 Å². The molecule has 1 aromatic rings. The molecule has 2 fully saturated rings. The molecule has 3 rings (SSSR count). The Balaban J connectivity index is 1.97. The predicted octanol–water partition coefficient (Wildman–Crippen LogP) is 2.43. The number of methoxy groups -OCH3 is 1. The molecule has 4 heteroatoms. The minimum absolute atomic E-state index is 0.302. The van der Waals surface area contributed by atoms with Crippen LogP contribution in [0.3, 0.4) is 0 Å². The number of esters is 1. The number of carbonyl (C=O) groups excluding carboxylic acids is 1. The number of hydrogen-bond acceptors (Lipinski definition) is 4. The minimum Gasteiger partial charge on any atom is -0.465 e. The second-order valence-corrected chi connectivity index (χ2v) is 5.56. The maximum Gasteiger partial charge on any atom is 0.340 e. The van der Waals surface area contributed by atoms with Crippen LogP contribution in [-0.4, -0.2) is 25.7 Å². The molecule has 0 amide bonds. The number of nitrogens with zero attached hydrogens (tertiary/aromatic N) is 1. The van der Waals surface area contributed by atoms with Crippen LogP contribution in [0.2, 0.25) is 0 Å². The molecule has 4 nitrogen and oxygen atoms in total. The largest absolute Gasteiger partial charge is 0.465 e. The second-order valence-electron chi connectivity index (χ2n) is 5.56. The van der Waals surface area contributed by atoms with E-state index in [-0.39, 0.29) is 5.97 Å². The summed E-state index contributed by atoms with van der Waals surface area (Å²) >= 11 is 0. The van der Waals surface area contributed by atoms with Gasteiger partial charge in [0.15, 0.2) is 0 Å². The first kappa shape index (κ1) is 12.3. The Morgan fingerprint density at radius 3 is 2.68 bits per heavy atom. The van der Waals surface area contributed by atoms with Gasteiger partial charge in [-0.25, -0.2) is 4.79 Å². The monoisotopic (exact) mass is 260 g/mol. The zero-order valence-electron chi connectivity index (χ0n) is 11.3. The van der Waals surface area contributed by atoms with Crippen molar-refractivity contribution in [2.24, 2.45) is 5.92 Å². The minimum atomic E-state index is -0.302. The van der Waals surface area contributed by atoms with Crippen molar-refractivity contribution in [3.05, 3.63) is 23.8 Å². The fourth-order valence-corrected chi connectivity index (χ4v) is 2.54. The number of nitrogens with two attached hydrogens (primary N) is 1. The molecule has 0 atom stereocenters. The molecule has 2 N–H and O–H groups in total. The number of para-hydroxylation sites is 1. The molecule has 19 heavy (non-hydrogen) atoms. The SMILES string of the molecule is COC(=O)c1cccc(N)c1N(CC1CC1)C1CC1. The van der Waals surface area contributed by atoms with Gasteiger partial charge >= 0.3 is 5.97 Å². The zero-order valence-corrected chi connectivity index (χ0v) is 11.3. The molecule has 0 spiro atoms. The van der Waals surface area contributed by atoms with Crippen LogP contribution in [0.25, 0.3) is 0 Å². The summed E-state index contributed by atoms with van der Waals surface area (Å²) in [4.78, 5) is 14.3. The Morgan fingerprint density at radius 2 is 2.11 bits per heavy atom. The fourth-order valence-electron chi connectivity index (χ4n) is 2.54. The number of rotatable bonds is 5. The third kappa shape index (κ3) is 2.53. The van der Waals surface area contributed by atoms with E-state index in [0.717, 1.165) is 18.2 Å². The normalized spacial score (nSPS) is 18.2. The standard InChI is InChI=1S/C15H20N2O2/c1-19-15(18)12-3-2-4-13(16)14(12)17(11-7-8-11)9-10-5-6-10/h2-4,10-11H,5-9,16H2,1H3. The smallest absolute Gasteiger partial charge is 0.340 e. The van der Waals surface area contributed by atoms with Crippen LogP contribution in [0.15, 0.2) is 18.2 Å². The lowest BCUT2D eigenvalue weighted by atomic mass is 10.1. The van der Waals surface area contributed by atoms with Crippen molar-refractivity contribution in [2.45, 2.75) is 31.7 Å². The average molecular weight is 260 g/mol. The van der Waals surface area contributed by atoms with Gasteiger partial charge in [-0.15, -0.1) is 0 Å².